The van der Waals surface area contributed by atoms with Gasteiger partial charge < -0.3 is 9.84 Å². The summed E-state index contributed by atoms with van der Waals surface area (Å²) >= 11 is 0. The summed E-state index contributed by atoms with van der Waals surface area (Å²) in [6, 6.07) is 0. The van der Waals surface area contributed by atoms with Gasteiger partial charge in [-0.3, -0.25) is 4.79 Å². The van der Waals surface area contributed by atoms with Crippen molar-refractivity contribution < 1.29 is 19.4 Å². The Bertz CT molecular complexity index is 172. The quantitative estimate of drug-likeness (QED) is 0.539. The van der Waals surface area contributed by atoms with Crippen LogP contribution in [0.25, 0.3) is 0 Å². The molecule has 0 aliphatic heterocycles. The molecule has 0 aliphatic carbocycles. The molecule has 0 bridgehead atoms. The van der Waals surface area contributed by atoms with Crippen LogP contribution in [0.3, 0.4) is 0 Å². The summed E-state index contributed by atoms with van der Waals surface area (Å²) in [6.45, 7) is 6.54. The SMILES string of the molecule is C=C(C)C(=O)O.CCCC(=O)OC. The molecular formula is C9H16O4. The molecule has 4 heteroatoms. The Morgan fingerprint density at radius 1 is 1.46 bits per heavy atom. The van der Waals surface area contributed by atoms with Crippen LogP contribution in [0.15, 0.2) is 12.2 Å². The van der Waals surface area contributed by atoms with Crippen molar-refractivity contribution in [1.82, 2.24) is 0 Å². The number of aliphatic carboxylic acids is 1. The molecule has 0 aromatic heterocycles. The van der Waals surface area contributed by atoms with Crippen LogP contribution in [0.4, 0.5) is 0 Å². The van der Waals surface area contributed by atoms with Gasteiger partial charge in [-0.15, -0.1) is 0 Å². The van der Waals surface area contributed by atoms with Crippen LogP contribution in [0.1, 0.15) is 26.7 Å². The molecule has 1 N–H and O–H groups in total. The van der Waals surface area contributed by atoms with Gasteiger partial charge in [0.1, 0.15) is 0 Å². The molecule has 0 atom stereocenters. The topological polar surface area (TPSA) is 63.6 Å². The van der Waals surface area contributed by atoms with Gasteiger partial charge in [-0.1, -0.05) is 13.5 Å². The number of methoxy groups -OCH3 is 1. The molecule has 0 aliphatic rings. The lowest BCUT2D eigenvalue weighted by atomic mass is 10.3. The Morgan fingerprint density at radius 2 is 1.85 bits per heavy atom. The zero-order chi connectivity index (χ0) is 10.9. The fourth-order valence-corrected chi connectivity index (χ4v) is 0.306. The summed E-state index contributed by atoms with van der Waals surface area (Å²) in [5.41, 5.74) is 0.176. The second kappa shape index (κ2) is 8.77. The minimum Gasteiger partial charge on any atom is -0.478 e. The van der Waals surface area contributed by atoms with E-state index in [2.05, 4.69) is 11.3 Å². The van der Waals surface area contributed by atoms with Gasteiger partial charge in [0.2, 0.25) is 0 Å². The highest BCUT2D eigenvalue weighted by Crippen LogP contribution is 1.86. The van der Waals surface area contributed by atoms with Gasteiger partial charge in [-0.2, -0.15) is 0 Å². The molecular weight excluding hydrogens is 172 g/mol. The van der Waals surface area contributed by atoms with Gasteiger partial charge in [0.15, 0.2) is 0 Å². The first kappa shape index (κ1) is 14.2. The summed E-state index contributed by atoms with van der Waals surface area (Å²) in [6.07, 6.45) is 1.41. The van der Waals surface area contributed by atoms with Crippen molar-refractivity contribution in [2.45, 2.75) is 26.7 Å². The van der Waals surface area contributed by atoms with Crippen LogP contribution in [0, 0.1) is 0 Å². The van der Waals surface area contributed by atoms with Crippen molar-refractivity contribution in [3.05, 3.63) is 12.2 Å². The lowest BCUT2D eigenvalue weighted by Gasteiger charge is -1.91. The summed E-state index contributed by atoms with van der Waals surface area (Å²) in [4.78, 5) is 19.8. The van der Waals surface area contributed by atoms with Gasteiger partial charge in [0.05, 0.1) is 7.11 Å². The van der Waals surface area contributed by atoms with E-state index >= 15 is 0 Å². The van der Waals surface area contributed by atoms with E-state index in [-0.39, 0.29) is 11.5 Å². The van der Waals surface area contributed by atoms with Crippen LogP contribution < -0.4 is 0 Å². The average Bonchev–Trinajstić information content (AvgIpc) is 2.05. The highest BCUT2D eigenvalue weighted by Gasteiger charge is 1.92. The van der Waals surface area contributed by atoms with Gasteiger partial charge in [-0.25, -0.2) is 4.79 Å². The van der Waals surface area contributed by atoms with E-state index in [0.717, 1.165) is 6.42 Å². The van der Waals surface area contributed by atoms with Gasteiger partial charge in [-0.05, 0) is 13.3 Å². The second-order valence-corrected chi connectivity index (χ2v) is 2.41. The monoisotopic (exact) mass is 188 g/mol. The highest BCUT2D eigenvalue weighted by atomic mass is 16.5. The molecule has 0 unspecified atom stereocenters. The molecule has 0 saturated carbocycles. The fourth-order valence-electron chi connectivity index (χ4n) is 0.306. The smallest absolute Gasteiger partial charge is 0.330 e. The summed E-state index contributed by atoms with van der Waals surface area (Å²) < 4.78 is 4.35. The number of carboxylic acids is 1. The minimum atomic E-state index is -0.935. The first-order valence-corrected chi connectivity index (χ1v) is 3.91. The Labute approximate surface area is 78.2 Å². The maximum Gasteiger partial charge on any atom is 0.330 e. The van der Waals surface area contributed by atoms with Crippen molar-refractivity contribution in [1.29, 1.82) is 0 Å². The van der Waals surface area contributed by atoms with Gasteiger partial charge >= 0.3 is 11.9 Å². The van der Waals surface area contributed by atoms with Crippen molar-refractivity contribution >= 4 is 11.9 Å². The number of carbonyl (C=O) groups is 2. The molecule has 0 saturated heterocycles. The number of esters is 1. The zero-order valence-corrected chi connectivity index (χ0v) is 8.29. The number of carboxylic acid groups (broad SMARTS) is 1. The average molecular weight is 188 g/mol. The molecule has 4 nitrogen and oxygen atoms in total. The Morgan fingerprint density at radius 3 is 1.92 bits per heavy atom. The summed E-state index contributed by atoms with van der Waals surface area (Å²) in [5.74, 6) is -1.06. The molecule has 76 valence electrons. The molecule has 0 aromatic rings. The maximum absolute atomic E-state index is 10.2. The number of ether oxygens (including phenoxy) is 1. The Balaban J connectivity index is 0. The minimum absolute atomic E-state index is 0.123. The predicted octanol–water partition coefficient (Wildman–Crippen LogP) is 1.61. The number of hydrogen-bond acceptors (Lipinski definition) is 3. The molecule has 0 radical (unpaired) electrons. The molecule has 0 heterocycles. The van der Waals surface area contributed by atoms with Crippen molar-refractivity contribution in [2.24, 2.45) is 0 Å². The fraction of sp³-hybridized carbons (Fsp3) is 0.556. The van der Waals surface area contributed by atoms with E-state index in [0.29, 0.717) is 6.42 Å². The molecule has 0 spiro atoms. The van der Waals surface area contributed by atoms with Crippen molar-refractivity contribution in [2.75, 3.05) is 7.11 Å². The maximum atomic E-state index is 10.2. The number of carbonyl (C=O) groups excluding carboxylic acids is 1. The Hall–Kier alpha value is -1.32. The lowest BCUT2D eigenvalue weighted by Crippen LogP contribution is -1.97. The third kappa shape index (κ3) is 13.6. The molecule has 0 aromatic carbocycles. The van der Waals surface area contributed by atoms with Gasteiger partial charge in [0.25, 0.3) is 0 Å². The molecule has 13 heavy (non-hydrogen) atoms. The van der Waals surface area contributed by atoms with Crippen LogP contribution in [0.2, 0.25) is 0 Å². The highest BCUT2D eigenvalue weighted by molar-refractivity contribution is 5.84. The third-order valence-electron chi connectivity index (χ3n) is 1.05. The van der Waals surface area contributed by atoms with Crippen LogP contribution in [0.5, 0.6) is 0 Å². The summed E-state index contributed by atoms with van der Waals surface area (Å²) in [7, 11) is 1.40. The zero-order valence-electron chi connectivity index (χ0n) is 8.29. The van der Waals surface area contributed by atoms with Crippen LogP contribution >= 0.6 is 0 Å². The molecule has 0 rings (SSSR count). The number of hydrogen-bond donors (Lipinski definition) is 1. The predicted molar refractivity (Wildman–Crippen MR) is 49.4 cm³/mol. The van der Waals surface area contributed by atoms with Crippen molar-refractivity contribution in [3.63, 3.8) is 0 Å². The molecule has 0 fully saturated rings. The van der Waals surface area contributed by atoms with E-state index in [1.165, 1.54) is 14.0 Å². The second-order valence-electron chi connectivity index (χ2n) is 2.41. The normalized spacial score (nSPS) is 7.92. The van der Waals surface area contributed by atoms with E-state index in [1.54, 1.807) is 0 Å². The lowest BCUT2D eigenvalue weighted by molar-refractivity contribution is -0.140. The van der Waals surface area contributed by atoms with E-state index < -0.39 is 5.97 Å². The van der Waals surface area contributed by atoms with E-state index in [4.69, 9.17) is 5.11 Å². The first-order valence-electron chi connectivity index (χ1n) is 3.91. The Kier molecular flexibility index (Phi) is 9.60. The van der Waals surface area contributed by atoms with Crippen molar-refractivity contribution in [3.8, 4) is 0 Å². The van der Waals surface area contributed by atoms with Crippen LogP contribution in [-0.2, 0) is 14.3 Å². The van der Waals surface area contributed by atoms with Crippen LogP contribution in [-0.4, -0.2) is 24.2 Å². The van der Waals surface area contributed by atoms with E-state index in [9.17, 15) is 9.59 Å². The summed E-state index contributed by atoms with van der Waals surface area (Å²) in [5, 5.41) is 7.89. The molecule has 0 amide bonds. The third-order valence-corrected chi connectivity index (χ3v) is 1.05. The number of rotatable bonds is 3. The largest absolute Gasteiger partial charge is 0.478 e. The standard InChI is InChI=1S/C5H10O2.C4H6O2/c1-3-4-5(6)7-2;1-3(2)4(5)6/h3-4H2,1-2H3;1H2,2H3,(H,5,6). The van der Waals surface area contributed by atoms with Gasteiger partial charge in [0, 0.05) is 12.0 Å². The van der Waals surface area contributed by atoms with E-state index in [1.807, 2.05) is 6.92 Å². The first-order chi connectivity index (χ1) is 5.95.